The molecule has 0 unspecified atom stereocenters. The fourth-order valence-corrected chi connectivity index (χ4v) is 3.22. The minimum Gasteiger partial charge on any atom is -0.326 e. The van der Waals surface area contributed by atoms with E-state index in [-0.39, 0.29) is 0 Å². The van der Waals surface area contributed by atoms with Gasteiger partial charge in [0.15, 0.2) is 0 Å². The van der Waals surface area contributed by atoms with Crippen molar-refractivity contribution in [2.75, 3.05) is 18.4 Å². The van der Waals surface area contributed by atoms with E-state index in [1.54, 1.807) is 0 Å². The van der Waals surface area contributed by atoms with Crippen LogP contribution in [0.25, 0.3) is 11.0 Å². The Morgan fingerprint density at radius 2 is 1.68 bits per heavy atom. The van der Waals surface area contributed by atoms with Crippen LogP contribution in [0.15, 0.2) is 54.6 Å². The summed E-state index contributed by atoms with van der Waals surface area (Å²) in [6.45, 7) is 2.14. The minimum atomic E-state index is 0.500. The van der Waals surface area contributed by atoms with Crippen LogP contribution in [0, 0.1) is 0 Å². The third kappa shape index (κ3) is 2.46. The molecule has 0 amide bonds. The van der Waals surface area contributed by atoms with E-state index in [1.807, 2.05) is 24.3 Å². The third-order valence-electron chi connectivity index (χ3n) is 4.30. The van der Waals surface area contributed by atoms with E-state index < -0.39 is 0 Å². The molecule has 0 radical (unpaired) electrons. The lowest BCUT2D eigenvalue weighted by Crippen LogP contribution is -2.29. The fraction of sp³-hybridized carbons (Fsp3) is 0.278. The molecule has 0 bridgehead atoms. The predicted molar refractivity (Wildman–Crippen MR) is 90.6 cm³/mol. The summed E-state index contributed by atoms with van der Waals surface area (Å²) in [6.07, 6.45) is 2.29. The third-order valence-corrected chi connectivity index (χ3v) is 4.30. The van der Waals surface area contributed by atoms with Crippen molar-refractivity contribution in [1.29, 1.82) is 0 Å². The highest BCUT2D eigenvalue weighted by Gasteiger charge is 2.21. The average molecular weight is 292 g/mol. The highest BCUT2D eigenvalue weighted by Crippen LogP contribution is 2.30. The van der Waals surface area contributed by atoms with Gasteiger partial charge >= 0.3 is 0 Å². The Labute approximate surface area is 130 Å². The number of piperidine rings is 1. The molecule has 2 aromatic carbocycles. The van der Waals surface area contributed by atoms with Crippen LogP contribution in [0.3, 0.4) is 0 Å². The van der Waals surface area contributed by atoms with Crippen molar-refractivity contribution in [3.8, 4) is 0 Å². The molecular weight excluding hydrogens is 272 g/mol. The van der Waals surface area contributed by atoms with Gasteiger partial charge in [-0.25, -0.2) is 4.98 Å². The van der Waals surface area contributed by atoms with E-state index in [1.165, 1.54) is 5.52 Å². The van der Waals surface area contributed by atoms with Crippen LogP contribution in [0.5, 0.6) is 0 Å². The highest BCUT2D eigenvalue weighted by molar-refractivity contribution is 5.79. The number of rotatable bonds is 3. The van der Waals surface area contributed by atoms with Crippen molar-refractivity contribution in [2.45, 2.75) is 18.9 Å². The smallest absolute Gasteiger partial charge is 0.208 e. The van der Waals surface area contributed by atoms with Crippen LogP contribution in [0.2, 0.25) is 0 Å². The number of hydrogen-bond donors (Lipinski definition) is 2. The van der Waals surface area contributed by atoms with Crippen molar-refractivity contribution < 1.29 is 0 Å². The summed E-state index contributed by atoms with van der Waals surface area (Å²) in [5.74, 6) is 0.944. The number of para-hydroxylation sites is 3. The van der Waals surface area contributed by atoms with Crippen molar-refractivity contribution in [2.24, 2.45) is 0 Å². The molecule has 4 heteroatoms. The van der Waals surface area contributed by atoms with Crippen LogP contribution in [0.4, 0.5) is 11.6 Å². The molecule has 1 fully saturated rings. The van der Waals surface area contributed by atoms with Crippen LogP contribution in [0.1, 0.15) is 18.9 Å². The lowest BCUT2D eigenvalue weighted by molar-refractivity contribution is 0.378. The normalized spacial score (nSPS) is 16.0. The predicted octanol–water partition coefficient (Wildman–Crippen LogP) is 3.70. The first-order valence-electron chi connectivity index (χ1n) is 7.91. The fourth-order valence-electron chi connectivity index (χ4n) is 3.22. The second-order valence-corrected chi connectivity index (χ2v) is 5.77. The van der Waals surface area contributed by atoms with Gasteiger partial charge in [0.05, 0.1) is 11.0 Å². The maximum atomic E-state index is 4.81. The number of fused-ring (bicyclic) bond motifs is 1. The van der Waals surface area contributed by atoms with Gasteiger partial charge in [0, 0.05) is 11.7 Å². The lowest BCUT2D eigenvalue weighted by Gasteiger charge is -2.26. The zero-order valence-electron chi connectivity index (χ0n) is 12.5. The van der Waals surface area contributed by atoms with E-state index >= 15 is 0 Å². The molecule has 1 saturated heterocycles. The van der Waals surface area contributed by atoms with Crippen LogP contribution in [-0.2, 0) is 0 Å². The number of nitrogens with zero attached hydrogens (tertiary/aromatic N) is 2. The molecule has 0 spiro atoms. The summed E-state index contributed by atoms with van der Waals surface area (Å²) in [7, 11) is 0. The molecule has 1 aromatic heterocycles. The van der Waals surface area contributed by atoms with Gasteiger partial charge in [-0.1, -0.05) is 30.3 Å². The molecule has 4 nitrogen and oxygen atoms in total. The number of nitrogens with one attached hydrogen (secondary N) is 2. The van der Waals surface area contributed by atoms with Crippen molar-refractivity contribution >= 4 is 22.7 Å². The topological polar surface area (TPSA) is 41.9 Å². The molecule has 0 saturated carbocycles. The molecule has 2 heterocycles. The molecular formula is C18H20N4. The standard InChI is InChI=1S/C18H20N4/c1-2-6-14(7-3-1)20-18-21-16-8-4-5-9-17(16)22(18)15-10-12-19-13-11-15/h1-9,15,19H,10-13H2,(H,20,21). The van der Waals surface area contributed by atoms with Gasteiger partial charge < -0.3 is 15.2 Å². The molecule has 0 atom stereocenters. The number of benzene rings is 2. The van der Waals surface area contributed by atoms with Gasteiger partial charge in [0.25, 0.3) is 0 Å². The Balaban J connectivity index is 1.79. The minimum absolute atomic E-state index is 0.500. The molecule has 4 rings (SSSR count). The van der Waals surface area contributed by atoms with E-state index in [0.717, 1.165) is 43.1 Å². The Bertz CT molecular complexity index is 757. The first kappa shape index (κ1) is 13.3. The molecule has 2 N–H and O–H groups in total. The maximum Gasteiger partial charge on any atom is 0.208 e. The highest BCUT2D eigenvalue weighted by atomic mass is 15.2. The van der Waals surface area contributed by atoms with Crippen LogP contribution < -0.4 is 10.6 Å². The van der Waals surface area contributed by atoms with Crippen molar-refractivity contribution in [3.05, 3.63) is 54.6 Å². The number of anilines is 2. The largest absolute Gasteiger partial charge is 0.326 e. The summed E-state index contributed by atoms with van der Waals surface area (Å²) >= 11 is 0. The molecule has 22 heavy (non-hydrogen) atoms. The number of hydrogen-bond acceptors (Lipinski definition) is 3. The number of aromatic nitrogens is 2. The molecule has 1 aliphatic rings. The van der Waals surface area contributed by atoms with Crippen molar-refractivity contribution in [3.63, 3.8) is 0 Å². The zero-order valence-corrected chi connectivity index (χ0v) is 12.5. The van der Waals surface area contributed by atoms with Gasteiger partial charge in [-0.05, 0) is 50.2 Å². The first-order valence-corrected chi connectivity index (χ1v) is 7.91. The Hall–Kier alpha value is -2.33. The summed E-state index contributed by atoms with van der Waals surface area (Å²) in [6, 6.07) is 19.2. The second kappa shape index (κ2) is 5.81. The summed E-state index contributed by atoms with van der Waals surface area (Å²) in [4.78, 5) is 4.81. The van der Waals surface area contributed by atoms with Gasteiger partial charge in [-0.15, -0.1) is 0 Å². The van der Waals surface area contributed by atoms with Gasteiger partial charge in [0.1, 0.15) is 0 Å². The maximum absolute atomic E-state index is 4.81. The van der Waals surface area contributed by atoms with E-state index in [9.17, 15) is 0 Å². The SMILES string of the molecule is c1ccc(Nc2nc3ccccc3n2C2CCNCC2)cc1. The van der Waals surface area contributed by atoms with Gasteiger partial charge in [0.2, 0.25) is 5.95 Å². The average Bonchev–Trinajstić information content (AvgIpc) is 2.94. The Morgan fingerprint density at radius 1 is 0.955 bits per heavy atom. The summed E-state index contributed by atoms with van der Waals surface area (Å²) in [5, 5.41) is 6.93. The van der Waals surface area contributed by atoms with E-state index in [2.05, 4.69) is 45.5 Å². The summed E-state index contributed by atoms with van der Waals surface area (Å²) in [5.41, 5.74) is 3.35. The summed E-state index contributed by atoms with van der Waals surface area (Å²) < 4.78 is 2.38. The first-order chi connectivity index (χ1) is 10.9. The van der Waals surface area contributed by atoms with Gasteiger partial charge in [-0.3, -0.25) is 0 Å². The Kier molecular flexibility index (Phi) is 3.52. The van der Waals surface area contributed by atoms with Crippen LogP contribution in [-0.4, -0.2) is 22.6 Å². The van der Waals surface area contributed by atoms with Crippen LogP contribution >= 0.6 is 0 Å². The lowest BCUT2D eigenvalue weighted by atomic mass is 10.1. The molecule has 3 aromatic rings. The molecule has 1 aliphatic heterocycles. The second-order valence-electron chi connectivity index (χ2n) is 5.77. The Morgan fingerprint density at radius 3 is 2.50 bits per heavy atom. The van der Waals surface area contributed by atoms with Gasteiger partial charge in [-0.2, -0.15) is 0 Å². The zero-order chi connectivity index (χ0) is 14.8. The molecule has 112 valence electrons. The quantitative estimate of drug-likeness (QED) is 0.773. The monoisotopic (exact) mass is 292 g/mol. The van der Waals surface area contributed by atoms with Crippen molar-refractivity contribution in [1.82, 2.24) is 14.9 Å². The number of imidazole rings is 1. The van der Waals surface area contributed by atoms with E-state index in [4.69, 9.17) is 4.98 Å². The van der Waals surface area contributed by atoms with E-state index in [0.29, 0.717) is 6.04 Å². The molecule has 0 aliphatic carbocycles.